The van der Waals surface area contributed by atoms with E-state index < -0.39 is 0 Å². The largest absolute Gasteiger partial charge is 0.462 e. The molecular weight excluding hydrogens is 412 g/mol. The highest BCUT2D eigenvalue weighted by molar-refractivity contribution is 6.09. The zero-order chi connectivity index (χ0) is 23.1. The molecule has 4 aromatic rings. The third kappa shape index (κ3) is 3.71. The van der Waals surface area contributed by atoms with Crippen LogP contribution in [0.5, 0.6) is 0 Å². The molecule has 1 fully saturated rings. The highest BCUT2D eigenvalue weighted by atomic mass is 16.5. The molecule has 0 amide bonds. The summed E-state index contributed by atoms with van der Waals surface area (Å²) in [6.45, 7) is 2.32. The fourth-order valence-corrected chi connectivity index (χ4v) is 4.76. The molecule has 0 aliphatic heterocycles. The van der Waals surface area contributed by atoms with Crippen LogP contribution < -0.4 is 11.5 Å². The molecule has 1 aliphatic carbocycles. The maximum absolute atomic E-state index is 13.1. The Labute approximate surface area is 192 Å². The van der Waals surface area contributed by atoms with Gasteiger partial charge in [-0.05, 0) is 65.3 Å². The van der Waals surface area contributed by atoms with E-state index in [0.29, 0.717) is 18.1 Å². The summed E-state index contributed by atoms with van der Waals surface area (Å²) in [6, 6.07) is 19.2. The Morgan fingerprint density at radius 2 is 1.82 bits per heavy atom. The van der Waals surface area contributed by atoms with Gasteiger partial charge in [0.05, 0.1) is 24.4 Å². The van der Waals surface area contributed by atoms with Crippen molar-refractivity contribution in [3.63, 3.8) is 0 Å². The van der Waals surface area contributed by atoms with Gasteiger partial charge >= 0.3 is 5.97 Å². The number of carbonyl (C=O) groups excluding carboxylic acids is 1. The Hall–Kier alpha value is -3.80. The molecule has 0 saturated heterocycles. The fourth-order valence-electron chi connectivity index (χ4n) is 4.76. The number of esters is 1. The second-order valence-corrected chi connectivity index (χ2v) is 8.60. The number of ether oxygens (including phenoxy) is 1. The van der Waals surface area contributed by atoms with Crippen molar-refractivity contribution in [3.05, 3.63) is 71.4 Å². The van der Waals surface area contributed by atoms with Gasteiger partial charge in [0.25, 0.3) is 0 Å². The molecule has 168 valence electrons. The van der Waals surface area contributed by atoms with E-state index in [1.165, 1.54) is 40.3 Å². The van der Waals surface area contributed by atoms with E-state index in [4.69, 9.17) is 16.2 Å². The quantitative estimate of drug-likeness (QED) is 0.255. The molecule has 0 spiro atoms. The van der Waals surface area contributed by atoms with Crippen molar-refractivity contribution in [2.45, 2.75) is 32.2 Å². The zero-order valence-corrected chi connectivity index (χ0v) is 19.0. The second-order valence-electron chi connectivity index (χ2n) is 8.60. The van der Waals surface area contributed by atoms with Crippen LogP contribution in [0.25, 0.3) is 32.8 Å². The number of nitrogens with zero attached hydrogens (tertiary/aromatic N) is 2. The predicted molar refractivity (Wildman–Crippen MR) is 133 cm³/mol. The predicted octanol–water partition coefficient (Wildman–Crippen LogP) is 4.83. The lowest BCUT2D eigenvalue weighted by Gasteiger charge is -2.14. The van der Waals surface area contributed by atoms with Gasteiger partial charge in [-0.25, -0.2) is 9.79 Å². The second kappa shape index (κ2) is 8.28. The van der Waals surface area contributed by atoms with Crippen molar-refractivity contribution in [2.24, 2.45) is 23.5 Å². The Bertz CT molecular complexity index is 1400. The zero-order valence-electron chi connectivity index (χ0n) is 19.0. The molecule has 5 rings (SSSR count). The van der Waals surface area contributed by atoms with E-state index in [9.17, 15) is 4.79 Å². The summed E-state index contributed by atoms with van der Waals surface area (Å²) in [5.41, 5.74) is 17.1. The van der Waals surface area contributed by atoms with Gasteiger partial charge in [-0.3, -0.25) is 0 Å². The summed E-state index contributed by atoms with van der Waals surface area (Å²) < 4.78 is 7.46. The Balaban J connectivity index is 1.82. The van der Waals surface area contributed by atoms with Crippen LogP contribution in [0, 0.1) is 0 Å². The van der Waals surface area contributed by atoms with Crippen LogP contribution in [-0.4, -0.2) is 23.1 Å². The SMILES string of the molecule is CCOC(=O)c1c(CN=C(N)N)n(C)c2cc(C3CC3)c(-c3cccc4ccccc34)cc12. The summed E-state index contributed by atoms with van der Waals surface area (Å²) in [4.78, 5) is 17.3. The standard InChI is InChI=1S/C27H28N4O2/c1-3-33-26(32)25-22-13-21(19-10-6-8-16-7-4-5-9-18(16)19)20(17-11-12-17)14-23(22)31(2)24(25)15-30-27(28)29/h4-10,13-14,17H,3,11-12,15H2,1-2H3,(H4,28,29,30). The number of benzene rings is 3. The van der Waals surface area contributed by atoms with Crippen LogP contribution in [0.15, 0.2) is 59.6 Å². The van der Waals surface area contributed by atoms with Crippen LogP contribution in [-0.2, 0) is 18.3 Å². The van der Waals surface area contributed by atoms with Gasteiger partial charge in [-0.1, -0.05) is 42.5 Å². The monoisotopic (exact) mass is 440 g/mol. The topological polar surface area (TPSA) is 95.6 Å². The van der Waals surface area contributed by atoms with Crippen molar-refractivity contribution < 1.29 is 9.53 Å². The van der Waals surface area contributed by atoms with E-state index in [0.717, 1.165) is 16.6 Å². The fraction of sp³-hybridized carbons (Fsp3) is 0.259. The molecular formula is C27H28N4O2. The van der Waals surface area contributed by atoms with Crippen LogP contribution >= 0.6 is 0 Å². The first-order valence-electron chi connectivity index (χ1n) is 11.4. The Morgan fingerprint density at radius 3 is 2.55 bits per heavy atom. The molecule has 0 unspecified atom stereocenters. The number of aromatic nitrogens is 1. The molecule has 6 heteroatoms. The highest BCUT2D eigenvalue weighted by Gasteiger charge is 2.30. The number of nitrogens with two attached hydrogens (primary N) is 2. The van der Waals surface area contributed by atoms with Gasteiger partial charge in [0.15, 0.2) is 5.96 Å². The number of hydrogen-bond donors (Lipinski definition) is 2. The minimum absolute atomic E-state index is 0.00909. The number of aryl methyl sites for hydroxylation is 1. The van der Waals surface area contributed by atoms with E-state index in [1.807, 2.05) is 18.5 Å². The number of aliphatic imine (C=N–C) groups is 1. The lowest BCUT2D eigenvalue weighted by Crippen LogP contribution is -2.23. The number of rotatable bonds is 6. The van der Waals surface area contributed by atoms with Gasteiger partial charge < -0.3 is 20.8 Å². The maximum Gasteiger partial charge on any atom is 0.340 e. The van der Waals surface area contributed by atoms with Crippen molar-refractivity contribution in [2.75, 3.05) is 6.61 Å². The van der Waals surface area contributed by atoms with E-state index in [1.54, 1.807) is 0 Å². The molecule has 0 atom stereocenters. The number of fused-ring (bicyclic) bond motifs is 2. The summed E-state index contributed by atoms with van der Waals surface area (Å²) in [5, 5.41) is 3.27. The molecule has 1 aromatic heterocycles. The third-order valence-corrected chi connectivity index (χ3v) is 6.48. The van der Waals surface area contributed by atoms with Crippen LogP contribution in [0.3, 0.4) is 0 Å². The van der Waals surface area contributed by atoms with Gasteiger partial charge in [0, 0.05) is 18.0 Å². The van der Waals surface area contributed by atoms with Crippen molar-refractivity contribution in [1.82, 2.24) is 4.57 Å². The molecule has 4 N–H and O–H groups in total. The molecule has 1 aliphatic rings. The summed E-state index contributed by atoms with van der Waals surface area (Å²) >= 11 is 0. The first-order chi connectivity index (χ1) is 16.0. The summed E-state index contributed by atoms with van der Waals surface area (Å²) in [7, 11) is 1.96. The van der Waals surface area contributed by atoms with E-state index in [-0.39, 0.29) is 18.5 Å². The minimum atomic E-state index is -0.355. The number of hydrogen-bond acceptors (Lipinski definition) is 3. The molecule has 6 nitrogen and oxygen atoms in total. The minimum Gasteiger partial charge on any atom is -0.462 e. The van der Waals surface area contributed by atoms with Gasteiger partial charge in [-0.15, -0.1) is 0 Å². The normalized spacial score (nSPS) is 13.4. The number of carbonyl (C=O) groups is 1. The van der Waals surface area contributed by atoms with E-state index in [2.05, 4.69) is 59.6 Å². The lowest BCUT2D eigenvalue weighted by molar-refractivity contribution is 0.0527. The average Bonchev–Trinajstić information content (AvgIpc) is 3.62. The highest BCUT2D eigenvalue weighted by Crippen LogP contribution is 2.47. The van der Waals surface area contributed by atoms with Crippen LogP contribution in [0.4, 0.5) is 0 Å². The molecule has 1 heterocycles. The molecule has 0 radical (unpaired) electrons. The number of guanidine groups is 1. The van der Waals surface area contributed by atoms with Crippen molar-refractivity contribution >= 4 is 33.6 Å². The van der Waals surface area contributed by atoms with Crippen molar-refractivity contribution in [3.8, 4) is 11.1 Å². The Kier molecular flexibility index (Phi) is 5.29. The maximum atomic E-state index is 13.1. The van der Waals surface area contributed by atoms with E-state index >= 15 is 0 Å². The van der Waals surface area contributed by atoms with Crippen molar-refractivity contribution in [1.29, 1.82) is 0 Å². The first-order valence-corrected chi connectivity index (χ1v) is 11.4. The average molecular weight is 441 g/mol. The summed E-state index contributed by atoms with van der Waals surface area (Å²) in [5.74, 6) is 0.169. The molecule has 33 heavy (non-hydrogen) atoms. The smallest absolute Gasteiger partial charge is 0.340 e. The third-order valence-electron chi connectivity index (χ3n) is 6.48. The lowest BCUT2D eigenvalue weighted by atomic mass is 9.91. The van der Waals surface area contributed by atoms with Gasteiger partial charge in [0.2, 0.25) is 0 Å². The Morgan fingerprint density at radius 1 is 1.06 bits per heavy atom. The van der Waals surface area contributed by atoms with Gasteiger partial charge in [-0.2, -0.15) is 0 Å². The molecule has 0 bridgehead atoms. The van der Waals surface area contributed by atoms with Crippen LogP contribution in [0.1, 0.15) is 47.3 Å². The molecule has 3 aromatic carbocycles. The van der Waals surface area contributed by atoms with Gasteiger partial charge in [0.1, 0.15) is 0 Å². The van der Waals surface area contributed by atoms with Crippen LogP contribution in [0.2, 0.25) is 0 Å². The first kappa shape index (κ1) is 21.1. The summed E-state index contributed by atoms with van der Waals surface area (Å²) in [6.07, 6.45) is 2.36. The molecule has 1 saturated carbocycles.